The predicted octanol–water partition coefficient (Wildman–Crippen LogP) is 1.78. The van der Waals surface area contributed by atoms with E-state index in [4.69, 9.17) is 9.26 Å². The summed E-state index contributed by atoms with van der Waals surface area (Å²) in [5.41, 5.74) is 1.38. The van der Waals surface area contributed by atoms with Gasteiger partial charge in [-0.1, -0.05) is 12.1 Å². The number of halogens is 1. The molecule has 3 unspecified atom stereocenters. The van der Waals surface area contributed by atoms with E-state index >= 15 is 0 Å². The Morgan fingerprint density at radius 2 is 1.65 bits per heavy atom. The van der Waals surface area contributed by atoms with Crippen molar-refractivity contribution >= 4 is 13.5 Å². The first-order valence-electron chi connectivity index (χ1n) is 12.3. The van der Waals surface area contributed by atoms with E-state index in [9.17, 15) is 34.1 Å². The van der Waals surface area contributed by atoms with Gasteiger partial charge in [0.2, 0.25) is 0 Å². The number of nitrogens with zero attached hydrogens (tertiary/aromatic N) is 3. The number of aromatic hydroxyl groups is 2. The Morgan fingerprint density at radius 1 is 1.03 bits per heavy atom. The number of aromatic nitrogens is 1. The van der Waals surface area contributed by atoms with E-state index in [0.29, 0.717) is 26.2 Å². The van der Waals surface area contributed by atoms with Crippen molar-refractivity contribution in [1.82, 2.24) is 9.47 Å². The second kappa shape index (κ2) is 11.2. The van der Waals surface area contributed by atoms with Crippen LogP contribution in [0.5, 0.6) is 17.5 Å². The lowest BCUT2D eigenvalue weighted by molar-refractivity contribution is 0.0700. The Balaban J connectivity index is 1.46. The molecule has 206 valence electrons. The Kier molecular flexibility index (Phi) is 8.37. The lowest BCUT2D eigenvalue weighted by atomic mass is 9.91. The first-order valence-corrected chi connectivity index (χ1v) is 13.9. The Labute approximate surface area is 214 Å². The number of benzene rings is 1. The van der Waals surface area contributed by atoms with Gasteiger partial charge in [0.05, 0.1) is 24.4 Å². The van der Waals surface area contributed by atoms with E-state index in [0.717, 1.165) is 16.0 Å². The van der Waals surface area contributed by atoms with Crippen molar-refractivity contribution < 1.29 is 43.3 Å². The molecule has 11 nitrogen and oxygen atoms in total. The number of anilines is 1. The number of aliphatic hydroxyl groups is 1. The zero-order chi connectivity index (χ0) is 26.9. The highest BCUT2D eigenvalue weighted by Crippen LogP contribution is 2.42. The molecular weight excluding hydrogens is 508 g/mol. The standard InChI is InChI=1S/C24H35FN3O8P/c1-15(2)35-22-6-4-3-5-20(22)27-9-7-26(8-10-27)13-16(36-37(32,33)34)14-28-23(30)17-11-19(25)21(29)12-18(17)24(28)31/h3-6,15-16,19,21,29-31H,7-14H2,1-2H3,(H2,32,33,34). The van der Waals surface area contributed by atoms with Crippen LogP contribution < -0.4 is 9.64 Å². The lowest BCUT2D eigenvalue weighted by Gasteiger charge is -2.38. The van der Waals surface area contributed by atoms with E-state index < -0.39 is 32.1 Å². The summed E-state index contributed by atoms with van der Waals surface area (Å²) in [5.74, 6) is 0.0223. The van der Waals surface area contributed by atoms with Crippen molar-refractivity contribution in [3.63, 3.8) is 0 Å². The van der Waals surface area contributed by atoms with Gasteiger partial charge in [0, 0.05) is 56.7 Å². The zero-order valence-corrected chi connectivity index (χ0v) is 21.8. The average molecular weight is 544 g/mol. The first kappa shape index (κ1) is 27.7. The molecule has 0 radical (unpaired) electrons. The zero-order valence-electron chi connectivity index (χ0n) is 20.9. The summed E-state index contributed by atoms with van der Waals surface area (Å²) in [7, 11) is -4.89. The maximum atomic E-state index is 14.0. The van der Waals surface area contributed by atoms with Gasteiger partial charge in [-0.15, -0.1) is 0 Å². The molecule has 1 aliphatic heterocycles. The van der Waals surface area contributed by atoms with Crippen molar-refractivity contribution in [3.05, 3.63) is 35.4 Å². The normalized spacial score (nSPS) is 21.8. The number of ether oxygens (including phenoxy) is 1. The number of piperazine rings is 1. The van der Waals surface area contributed by atoms with Crippen LogP contribution in [0.4, 0.5) is 10.1 Å². The third kappa shape index (κ3) is 6.57. The SMILES string of the molecule is CC(C)Oc1ccccc1N1CCN(CC(Cn2c(O)c3c(c2O)CC(F)C(O)C3)OP(=O)(O)O)CC1. The molecule has 2 aliphatic rings. The third-order valence-corrected chi connectivity index (χ3v) is 7.29. The number of hydrogen-bond acceptors (Lipinski definition) is 8. The molecule has 0 bridgehead atoms. The number of para-hydroxylation sites is 2. The minimum absolute atomic E-state index is 0.0271. The van der Waals surface area contributed by atoms with Crippen molar-refractivity contribution in [2.24, 2.45) is 0 Å². The molecule has 5 N–H and O–H groups in total. The number of phosphoric acid groups is 1. The minimum Gasteiger partial charge on any atom is -0.494 e. The average Bonchev–Trinajstić information content (AvgIpc) is 3.03. The summed E-state index contributed by atoms with van der Waals surface area (Å²) in [6.45, 7) is 6.22. The van der Waals surface area contributed by atoms with Crippen LogP contribution in [0.3, 0.4) is 0 Å². The van der Waals surface area contributed by atoms with Crippen LogP contribution in [0.25, 0.3) is 0 Å². The van der Waals surface area contributed by atoms with Crippen LogP contribution in [-0.2, 0) is 28.5 Å². The Morgan fingerprint density at radius 3 is 2.27 bits per heavy atom. The molecule has 13 heteroatoms. The fourth-order valence-corrected chi connectivity index (χ4v) is 5.54. The maximum Gasteiger partial charge on any atom is 0.469 e. The smallest absolute Gasteiger partial charge is 0.469 e. The van der Waals surface area contributed by atoms with E-state index in [1.54, 1.807) is 0 Å². The highest BCUT2D eigenvalue weighted by atomic mass is 31.2. The van der Waals surface area contributed by atoms with E-state index in [1.165, 1.54) is 0 Å². The van der Waals surface area contributed by atoms with Gasteiger partial charge >= 0.3 is 7.82 Å². The molecule has 1 aromatic carbocycles. The van der Waals surface area contributed by atoms with Crippen molar-refractivity contribution in [2.75, 3.05) is 37.6 Å². The molecule has 4 rings (SSSR count). The Bertz CT molecular complexity index is 1100. The van der Waals surface area contributed by atoms with Crippen LogP contribution in [0.15, 0.2) is 24.3 Å². The van der Waals surface area contributed by atoms with Crippen LogP contribution in [-0.4, -0.2) is 91.8 Å². The molecular formula is C24H35FN3O8P. The molecule has 2 heterocycles. The summed E-state index contributed by atoms with van der Waals surface area (Å²) >= 11 is 0. The summed E-state index contributed by atoms with van der Waals surface area (Å²) in [6.07, 6.45) is -4.38. The lowest BCUT2D eigenvalue weighted by Crippen LogP contribution is -2.49. The van der Waals surface area contributed by atoms with Gasteiger partial charge in [0.25, 0.3) is 0 Å². The number of alkyl halides is 1. The van der Waals surface area contributed by atoms with Crippen LogP contribution in [0.2, 0.25) is 0 Å². The van der Waals surface area contributed by atoms with Gasteiger partial charge < -0.3 is 34.7 Å². The van der Waals surface area contributed by atoms with Gasteiger partial charge in [-0.05, 0) is 26.0 Å². The van der Waals surface area contributed by atoms with Crippen molar-refractivity contribution in [1.29, 1.82) is 0 Å². The predicted molar refractivity (Wildman–Crippen MR) is 134 cm³/mol. The summed E-state index contributed by atoms with van der Waals surface area (Å²) in [6, 6.07) is 7.77. The molecule has 3 atom stereocenters. The van der Waals surface area contributed by atoms with Gasteiger partial charge in [0.15, 0.2) is 11.8 Å². The fraction of sp³-hybridized carbons (Fsp3) is 0.583. The van der Waals surface area contributed by atoms with Gasteiger partial charge in [0.1, 0.15) is 18.0 Å². The molecule has 1 saturated heterocycles. The summed E-state index contributed by atoms with van der Waals surface area (Å²) < 4.78 is 37.7. The molecule has 1 aromatic heterocycles. The minimum atomic E-state index is -4.89. The molecule has 1 fully saturated rings. The quantitative estimate of drug-likeness (QED) is 0.297. The molecule has 1 aliphatic carbocycles. The number of fused-ring (bicyclic) bond motifs is 1. The van der Waals surface area contributed by atoms with Crippen molar-refractivity contribution in [2.45, 2.75) is 57.7 Å². The van der Waals surface area contributed by atoms with Crippen molar-refractivity contribution in [3.8, 4) is 17.5 Å². The van der Waals surface area contributed by atoms with Gasteiger partial charge in [-0.25, -0.2) is 8.96 Å². The highest BCUT2D eigenvalue weighted by Gasteiger charge is 2.36. The first-order chi connectivity index (χ1) is 17.4. The third-order valence-electron chi connectivity index (χ3n) is 6.72. The largest absolute Gasteiger partial charge is 0.494 e. The molecule has 0 saturated carbocycles. The van der Waals surface area contributed by atoms with Crippen LogP contribution >= 0.6 is 7.82 Å². The van der Waals surface area contributed by atoms with Gasteiger partial charge in [-0.3, -0.25) is 14.0 Å². The molecule has 0 amide bonds. The molecule has 37 heavy (non-hydrogen) atoms. The summed E-state index contributed by atoms with van der Waals surface area (Å²) in [5, 5.41) is 31.1. The number of aliphatic hydroxyl groups excluding tert-OH is 1. The molecule has 0 spiro atoms. The number of phosphoric ester groups is 1. The highest BCUT2D eigenvalue weighted by molar-refractivity contribution is 7.46. The second-order valence-electron chi connectivity index (χ2n) is 9.85. The topological polar surface area (TPSA) is 148 Å². The second-order valence-corrected chi connectivity index (χ2v) is 11.0. The van der Waals surface area contributed by atoms with E-state index in [-0.39, 0.29) is 49.0 Å². The Hall–Kier alpha value is -2.34. The van der Waals surface area contributed by atoms with Crippen LogP contribution in [0.1, 0.15) is 25.0 Å². The van der Waals surface area contributed by atoms with E-state index in [2.05, 4.69) is 4.90 Å². The monoisotopic (exact) mass is 543 g/mol. The van der Waals surface area contributed by atoms with Crippen LogP contribution in [0, 0.1) is 0 Å². The maximum absolute atomic E-state index is 14.0. The van der Waals surface area contributed by atoms with Gasteiger partial charge in [-0.2, -0.15) is 0 Å². The summed E-state index contributed by atoms with van der Waals surface area (Å²) in [4.78, 5) is 23.2. The van der Waals surface area contributed by atoms with E-state index in [1.807, 2.05) is 43.0 Å². The number of hydrogen-bond donors (Lipinski definition) is 5. The molecule has 2 aromatic rings. The number of rotatable bonds is 9. The fourth-order valence-electron chi connectivity index (χ4n) is 5.02.